The Bertz CT molecular complexity index is 1250. The molecule has 2 heterocycles. The summed E-state index contributed by atoms with van der Waals surface area (Å²) in [4.78, 5) is 12.1. The number of phenols is 1. The first-order chi connectivity index (χ1) is 20.6. The topological polar surface area (TPSA) is 229 Å². The van der Waals surface area contributed by atoms with E-state index in [2.05, 4.69) is 0 Å². The van der Waals surface area contributed by atoms with Crippen LogP contribution in [0.4, 0.5) is 0 Å². The fourth-order valence-corrected chi connectivity index (χ4v) is 4.46. The van der Waals surface area contributed by atoms with Gasteiger partial charge in [-0.25, -0.2) is 4.79 Å². The highest BCUT2D eigenvalue weighted by molar-refractivity contribution is 5.87. The molecule has 2 fully saturated rings. The zero-order valence-electron chi connectivity index (χ0n) is 22.6. The van der Waals surface area contributed by atoms with Crippen molar-refractivity contribution in [3.05, 3.63) is 71.8 Å². The van der Waals surface area contributed by atoms with Gasteiger partial charge >= 0.3 is 5.97 Å². The van der Waals surface area contributed by atoms with Crippen molar-refractivity contribution < 1.29 is 64.2 Å². The maximum Gasteiger partial charge on any atom is 0.330 e. The molecule has 2 aliphatic heterocycles. The zero-order chi connectivity index (χ0) is 31.1. The second-order valence-corrected chi connectivity index (χ2v) is 9.97. The number of hydrogen-bond donors (Lipinski definition) is 7. The number of esters is 1. The van der Waals surface area contributed by atoms with Crippen LogP contribution in [0.25, 0.3) is 6.08 Å². The van der Waals surface area contributed by atoms with Crippen molar-refractivity contribution in [2.75, 3.05) is 13.2 Å². The molecular formula is C29H33NO13. The molecule has 0 spiro atoms. The molecule has 0 aliphatic carbocycles. The Morgan fingerprint density at radius 3 is 2.02 bits per heavy atom. The first kappa shape index (κ1) is 32.5. The summed E-state index contributed by atoms with van der Waals surface area (Å²) >= 11 is 0. The molecule has 2 aliphatic rings. The van der Waals surface area contributed by atoms with Crippen molar-refractivity contribution in [2.45, 2.75) is 67.5 Å². The lowest BCUT2D eigenvalue weighted by molar-refractivity contribution is -0.334. The lowest BCUT2D eigenvalue weighted by atomic mass is 9.98. The number of carbonyl (C=O) groups excluding carboxylic acids is 1. The Morgan fingerprint density at radius 2 is 1.40 bits per heavy atom. The molecule has 14 heteroatoms. The van der Waals surface area contributed by atoms with Crippen LogP contribution in [0.3, 0.4) is 0 Å². The van der Waals surface area contributed by atoms with Crippen molar-refractivity contribution in [3.8, 4) is 11.8 Å². The summed E-state index contributed by atoms with van der Waals surface area (Å²) in [7, 11) is 0. The molecule has 0 amide bonds. The Labute approximate surface area is 246 Å². The molecule has 0 bridgehead atoms. The molecule has 4 rings (SSSR count). The van der Waals surface area contributed by atoms with Gasteiger partial charge in [-0.3, -0.25) is 0 Å². The lowest BCUT2D eigenvalue weighted by Crippen LogP contribution is -2.62. The van der Waals surface area contributed by atoms with Gasteiger partial charge in [-0.2, -0.15) is 5.26 Å². The molecule has 2 aromatic carbocycles. The number of hydrogen-bond acceptors (Lipinski definition) is 14. The molecule has 0 saturated carbocycles. The molecule has 43 heavy (non-hydrogen) atoms. The normalized spacial score (nSPS) is 33.5. The molecule has 2 aromatic rings. The van der Waals surface area contributed by atoms with Crippen LogP contribution in [-0.2, 0) is 28.5 Å². The van der Waals surface area contributed by atoms with Gasteiger partial charge in [0.2, 0.25) is 0 Å². The minimum atomic E-state index is -1.77. The van der Waals surface area contributed by atoms with E-state index in [1.165, 1.54) is 18.2 Å². The number of ether oxygens (including phenoxy) is 5. The average Bonchev–Trinajstić information content (AvgIpc) is 3.02. The number of nitrogens with zero attached hydrogens (tertiary/aromatic N) is 1. The van der Waals surface area contributed by atoms with Gasteiger partial charge in [0.1, 0.15) is 61.2 Å². The number of carbonyl (C=O) groups is 1. The van der Waals surface area contributed by atoms with Crippen LogP contribution in [0.15, 0.2) is 60.7 Å². The quantitative estimate of drug-likeness (QED) is 0.126. The summed E-state index contributed by atoms with van der Waals surface area (Å²) in [5.41, 5.74) is 1.07. The maximum atomic E-state index is 12.1. The largest absolute Gasteiger partial charge is 0.508 e. The van der Waals surface area contributed by atoms with Gasteiger partial charge < -0.3 is 59.4 Å². The standard InChI is InChI=1S/C29H33NO13/c30-12-18(16-4-2-1-3-5-16)41-29-27(38)25(36)23(34)20(43-29)14-40-28-26(37)24(35)22(33)19(42-28)13-39-21(32)11-8-15-6-9-17(31)10-7-15/h1-11,18-20,22-29,31,33-38H,13-14H2. The predicted octanol–water partition coefficient (Wildman–Crippen LogP) is -1.14. The number of aliphatic hydroxyl groups is 6. The monoisotopic (exact) mass is 603 g/mol. The molecule has 11 atom stereocenters. The van der Waals surface area contributed by atoms with Crippen LogP contribution in [0.1, 0.15) is 17.2 Å². The van der Waals surface area contributed by atoms with Crippen LogP contribution < -0.4 is 0 Å². The first-order valence-electron chi connectivity index (χ1n) is 13.3. The molecule has 11 unspecified atom stereocenters. The predicted molar refractivity (Wildman–Crippen MR) is 143 cm³/mol. The molecule has 7 N–H and O–H groups in total. The molecule has 0 radical (unpaired) electrons. The van der Waals surface area contributed by atoms with Gasteiger partial charge in [0.15, 0.2) is 18.7 Å². The third-order valence-electron chi connectivity index (χ3n) is 6.95. The fourth-order valence-electron chi connectivity index (χ4n) is 4.46. The van der Waals surface area contributed by atoms with E-state index in [9.17, 15) is 45.8 Å². The number of phenolic OH excluding ortho intramolecular Hbond substituents is 1. The summed E-state index contributed by atoms with van der Waals surface area (Å²) in [6, 6.07) is 16.3. The summed E-state index contributed by atoms with van der Waals surface area (Å²) in [5, 5.41) is 81.2. The fraction of sp³-hybridized carbons (Fsp3) is 0.448. The van der Waals surface area contributed by atoms with Gasteiger partial charge in [-0.05, 0) is 29.3 Å². The van der Waals surface area contributed by atoms with E-state index >= 15 is 0 Å². The van der Waals surface area contributed by atoms with E-state index in [4.69, 9.17) is 23.7 Å². The van der Waals surface area contributed by atoms with Crippen molar-refractivity contribution in [3.63, 3.8) is 0 Å². The summed E-state index contributed by atoms with van der Waals surface area (Å²) < 4.78 is 27.3. The molecule has 2 saturated heterocycles. The van der Waals surface area contributed by atoms with E-state index < -0.39 is 86.7 Å². The number of aliphatic hydroxyl groups excluding tert-OH is 6. The van der Waals surface area contributed by atoms with E-state index in [1.54, 1.807) is 42.5 Å². The molecule has 232 valence electrons. The Hall–Kier alpha value is -3.46. The second kappa shape index (κ2) is 14.8. The third-order valence-corrected chi connectivity index (χ3v) is 6.95. The first-order valence-corrected chi connectivity index (χ1v) is 13.3. The van der Waals surface area contributed by atoms with E-state index in [-0.39, 0.29) is 5.75 Å². The van der Waals surface area contributed by atoms with Gasteiger partial charge in [0.25, 0.3) is 0 Å². The molecule has 14 nitrogen and oxygen atoms in total. The van der Waals surface area contributed by atoms with Crippen molar-refractivity contribution >= 4 is 12.0 Å². The van der Waals surface area contributed by atoms with Gasteiger partial charge in [0, 0.05) is 6.08 Å². The minimum Gasteiger partial charge on any atom is -0.508 e. The van der Waals surface area contributed by atoms with Crippen molar-refractivity contribution in [1.29, 1.82) is 5.26 Å². The van der Waals surface area contributed by atoms with E-state index in [0.29, 0.717) is 11.1 Å². The van der Waals surface area contributed by atoms with Crippen molar-refractivity contribution in [1.82, 2.24) is 0 Å². The summed E-state index contributed by atoms with van der Waals surface area (Å²) in [5.74, 6) is -0.742. The number of benzene rings is 2. The number of rotatable bonds is 10. The zero-order valence-corrected chi connectivity index (χ0v) is 22.6. The Morgan fingerprint density at radius 1 is 0.814 bits per heavy atom. The van der Waals surface area contributed by atoms with Gasteiger partial charge in [-0.1, -0.05) is 42.5 Å². The van der Waals surface area contributed by atoms with Gasteiger partial charge in [0.05, 0.1) is 12.7 Å². The van der Waals surface area contributed by atoms with Crippen LogP contribution in [-0.4, -0.2) is 116 Å². The smallest absolute Gasteiger partial charge is 0.330 e. The third kappa shape index (κ3) is 8.13. The highest BCUT2D eigenvalue weighted by Crippen LogP contribution is 2.29. The van der Waals surface area contributed by atoms with Crippen molar-refractivity contribution in [2.24, 2.45) is 0 Å². The highest BCUT2D eigenvalue weighted by Gasteiger charge is 2.48. The van der Waals surface area contributed by atoms with Gasteiger partial charge in [-0.15, -0.1) is 0 Å². The highest BCUT2D eigenvalue weighted by atomic mass is 16.7. The van der Waals surface area contributed by atoms with Crippen LogP contribution >= 0.6 is 0 Å². The van der Waals surface area contributed by atoms with E-state index in [1.807, 2.05) is 6.07 Å². The number of aromatic hydroxyl groups is 1. The summed E-state index contributed by atoms with van der Waals surface area (Å²) in [6.45, 7) is -1.08. The van der Waals surface area contributed by atoms with E-state index in [0.717, 1.165) is 6.08 Å². The van der Waals surface area contributed by atoms with Crippen LogP contribution in [0.2, 0.25) is 0 Å². The Balaban J connectivity index is 1.34. The SMILES string of the molecule is N#CC(OC1OC(COC2OC(COC(=O)C=Cc3ccc(O)cc3)C(O)C(O)C2O)C(O)C(O)C1O)c1ccccc1. The summed E-state index contributed by atoms with van der Waals surface area (Å²) in [6.07, 6.45) is -14.8. The molecule has 0 aromatic heterocycles. The lowest BCUT2D eigenvalue weighted by Gasteiger charge is -2.43. The van der Waals surface area contributed by atoms with Crippen LogP contribution in [0, 0.1) is 11.3 Å². The maximum absolute atomic E-state index is 12.1. The average molecular weight is 604 g/mol. The Kier molecular flexibility index (Phi) is 11.2. The number of nitriles is 1. The minimum absolute atomic E-state index is 0.0582. The second-order valence-electron chi connectivity index (χ2n) is 9.97. The van der Waals surface area contributed by atoms with Crippen LogP contribution in [0.5, 0.6) is 5.75 Å². The molecular weight excluding hydrogens is 570 g/mol.